The quantitative estimate of drug-likeness (QED) is 0.412. The molecule has 1 atom stereocenters. The van der Waals surface area contributed by atoms with Gasteiger partial charge in [0, 0.05) is 31.9 Å². The lowest BCUT2D eigenvalue weighted by Crippen LogP contribution is -2.40. The van der Waals surface area contributed by atoms with Crippen LogP contribution in [0.15, 0.2) is 36.4 Å². The largest absolute Gasteiger partial charge is 0.497 e. The molecule has 35 heavy (non-hydrogen) atoms. The molecule has 1 unspecified atom stereocenters. The molecule has 3 rings (SSSR count). The van der Waals surface area contributed by atoms with Crippen LogP contribution in [-0.4, -0.2) is 50.0 Å². The van der Waals surface area contributed by atoms with E-state index >= 15 is 0 Å². The number of methoxy groups -OCH3 is 1. The van der Waals surface area contributed by atoms with Gasteiger partial charge in [-0.3, -0.25) is 4.79 Å². The summed E-state index contributed by atoms with van der Waals surface area (Å²) in [6, 6.07) is 9.55. The molecular formula is C26H34FN3O5. The number of hydrogen-bond donors (Lipinski definition) is 3. The molecule has 3 N–H and O–H groups in total. The molecule has 9 heteroatoms. The first-order chi connectivity index (χ1) is 16.9. The molecular weight excluding hydrogens is 453 g/mol. The Labute approximate surface area is 205 Å². The number of halogens is 1. The van der Waals surface area contributed by atoms with E-state index in [9.17, 15) is 19.1 Å². The Kier molecular flexibility index (Phi) is 9.31. The first kappa shape index (κ1) is 26.3. The second-order valence-corrected chi connectivity index (χ2v) is 8.53. The molecule has 1 heterocycles. The first-order valence-electron chi connectivity index (χ1n) is 12.0. The minimum atomic E-state index is -0.874. The fraction of sp³-hybridized carbons (Fsp3) is 0.462. The fourth-order valence-corrected chi connectivity index (χ4v) is 4.49. The maximum Gasteiger partial charge on any atom is 0.323 e. The lowest BCUT2D eigenvalue weighted by Gasteiger charge is -2.36. The number of urea groups is 1. The van der Waals surface area contributed by atoms with Gasteiger partial charge in [-0.05, 0) is 61.9 Å². The highest BCUT2D eigenvalue weighted by Gasteiger charge is 2.24. The topological polar surface area (TPSA) is 100 Å². The number of nitrogens with one attached hydrogen (secondary N) is 2. The van der Waals surface area contributed by atoms with Gasteiger partial charge in [0.1, 0.15) is 11.6 Å². The molecule has 2 aromatic carbocycles. The molecule has 0 aliphatic carbocycles. The lowest BCUT2D eigenvalue weighted by atomic mass is 9.92. The van der Waals surface area contributed by atoms with Gasteiger partial charge in [-0.25, -0.2) is 9.18 Å². The van der Waals surface area contributed by atoms with Crippen LogP contribution < -0.4 is 20.3 Å². The second-order valence-electron chi connectivity index (χ2n) is 8.53. The zero-order valence-electron chi connectivity index (χ0n) is 20.5. The molecule has 2 amide bonds. The number of carbonyl (C=O) groups excluding carboxylic acids is 1. The predicted octanol–water partition coefficient (Wildman–Crippen LogP) is 5.45. The van der Waals surface area contributed by atoms with Crippen LogP contribution in [0.5, 0.6) is 5.75 Å². The van der Waals surface area contributed by atoms with Crippen LogP contribution in [0, 0.1) is 5.82 Å². The normalized spacial score (nSPS) is 14.7. The summed E-state index contributed by atoms with van der Waals surface area (Å²) in [5.41, 5.74) is 2.23. The van der Waals surface area contributed by atoms with E-state index in [1.54, 1.807) is 6.07 Å². The summed E-state index contributed by atoms with van der Waals surface area (Å²) in [5, 5.41) is 14.8. The summed E-state index contributed by atoms with van der Waals surface area (Å²) < 4.78 is 24.9. The predicted molar refractivity (Wildman–Crippen MR) is 134 cm³/mol. The van der Waals surface area contributed by atoms with Crippen molar-refractivity contribution >= 4 is 29.1 Å². The summed E-state index contributed by atoms with van der Waals surface area (Å²) in [5.74, 6) is -1.33. The van der Waals surface area contributed by atoms with E-state index in [4.69, 9.17) is 9.47 Å². The molecule has 1 aliphatic rings. The number of rotatable bonds is 10. The number of benzene rings is 2. The highest BCUT2D eigenvalue weighted by molar-refractivity contribution is 6.02. The average molecular weight is 488 g/mol. The first-order valence-corrected chi connectivity index (χ1v) is 12.0. The summed E-state index contributed by atoms with van der Waals surface area (Å²) in [4.78, 5) is 26.5. The zero-order chi connectivity index (χ0) is 25.4. The summed E-state index contributed by atoms with van der Waals surface area (Å²) >= 11 is 0. The second kappa shape index (κ2) is 12.4. The van der Waals surface area contributed by atoms with Crippen LogP contribution in [0.2, 0.25) is 0 Å². The van der Waals surface area contributed by atoms with Gasteiger partial charge in [0.2, 0.25) is 0 Å². The molecule has 1 fully saturated rings. The maximum absolute atomic E-state index is 14.4. The Balaban J connectivity index is 1.92. The van der Waals surface area contributed by atoms with E-state index in [2.05, 4.69) is 22.5 Å². The van der Waals surface area contributed by atoms with Crippen molar-refractivity contribution in [1.82, 2.24) is 0 Å². The van der Waals surface area contributed by atoms with Crippen LogP contribution in [0.4, 0.5) is 26.2 Å². The number of carboxylic acid groups (broad SMARTS) is 1. The highest BCUT2D eigenvalue weighted by Crippen LogP contribution is 2.35. The smallest absolute Gasteiger partial charge is 0.323 e. The monoisotopic (exact) mass is 487 g/mol. The van der Waals surface area contributed by atoms with Crippen LogP contribution >= 0.6 is 0 Å². The van der Waals surface area contributed by atoms with Gasteiger partial charge in [-0.2, -0.15) is 0 Å². The van der Waals surface area contributed by atoms with Crippen molar-refractivity contribution in [1.29, 1.82) is 0 Å². The van der Waals surface area contributed by atoms with Gasteiger partial charge in [-0.15, -0.1) is 0 Å². The standard InChI is InChI=1S/C26H34FN3O5/c1-4-17(15-25(31)32)18-6-9-24(30(5-2)19-10-12-35-13-11-19)23(14-18)29-26(33)28-22-8-7-20(34-3)16-21(22)27/h6-9,14,16-17,19H,4-5,10-13,15H2,1-3H3,(H,31,32)(H2,28,29,33). The van der Waals surface area contributed by atoms with E-state index in [-0.39, 0.29) is 24.1 Å². The lowest BCUT2D eigenvalue weighted by molar-refractivity contribution is -0.137. The molecule has 0 radical (unpaired) electrons. The van der Waals surface area contributed by atoms with Gasteiger partial charge < -0.3 is 30.1 Å². The van der Waals surface area contributed by atoms with E-state index in [1.165, 1.54) is 19.2 Å². The fourth-order valence-electron chi connectivity index (χ4n) is 4.49. The molecule has 0 aromatic heterocycles. The summed E-state index contributed by atoms with van der Waals surface area (Å²) in [7, 11) is 1.44. The van der Waals surface area contributed by atoms with Gasteiger partial charge in [0.05, 0.1) is 30.6 Å². The number of nitrogens with zero attached hydrogens (tertiary/aromatic N) is 1. The van der Waals surface area contributed by atoms with E-state index in [0.29, 0.717) is 31.1 Å². The minimum Gasteiger partial charge on any atom is -0.497 e. The molecule has 190 valence electrons. The Morgan fingerprint density at radius 2 is 1.86 bits per heavy atom. The van der Waals surface area contributed by atoms with Crippen LogP contribution in [0.25, 0.3) is 0 Å². The van der Waals surface area contributed by atoms with Crippen LogP contribution in [0.3, 0.4) is 0 Å². The molecule has 1 aliphatic heterocycles. The van der Waals surface area contributed by atoms with Gasteiger partial charge in [-0.1, -0.05) is 13.0 Å². The molecule has 1 saturated heterocycles. The van der Waals surface area contributed by atoms with E-state index < -0.39 is 17.8 Å². The number of carbonyl (C=O) groups is 2. The van der Waals surface area contributed by atoms with Crippen molar-refractivity contribution in [3.05, 3.63) is 47.8 Å². The highest BCUT2D eigenvalue weighted by atomic mass is 19.1. The third kappa shape index (κ3) is 6.85. The number of ether oxygens (including phenoxy) is 2. The maximum atomic E-state index is 14.4. The third-order valence-electron chi connectivity index (χ3n) is 6.36. The number of amides is 2. The van der Waals surface area contributed by atoms with Crippen molar-refractivity contribution in [2.45, 2.75) is 51.5 Å². The molecule has 0 saturated carbocycles. The van der Waals surface area contributed by atoms with Gasteiger partial charge in [0.25, 0.3) is 0 Å². The molecule has 0 spiro atoms. The summed E-state index contributed by atoms with van der Waals surface area (Å²) in [6.45, 7) is 6.07. The SMILES string of the molecule is CCC(CC(=O)O)c1ccc(N(CC)C2CCOCC2)c(NC(=O)Nc2ccc(OC)cc2F)c1. The number of hydrogen-bond acceptors (Lipinski definition) is 5. The van der Waals surface area contributed by atoms with Crippen molar-refractivity contribution in [2.24, 2.45) is 0 Å². The molecule has 2 aromatic rings. The van der Waals surface area contributed by atoms with Gasteiger partial charge >= 0.3 is 12.0 Å². The van der Waals surface area contributed by atoms with Crippen LogP contribution in [-0.2, 0) is 9.53 Å². The Hall–Kier alpha value is -3.33. The van der Waals surface area contributed by atoms with E-state index in [1.807, 2.05) is 25.1 Å². The number of aliphatic carboxylic acids is 1. The van der Waals surface area contributed by atoms with Crippen LogP contribution in [0.1, 0.15) is 51.0 Å². The number of anilines is 3. The Morgan fingerprint density at radius 3 is 2.46 bits per heavy atom. The molecule has 8 nitrogen and oxygen atoms in total. The average Bonchev–Trinajstić information content (AvgIpc) is 2.85. The van der Waals surface area contributed by atoms with Crippen molar-refractivity contribution in [3.8, 4) is 5.75 Å². The van der Waals surface area contributed by atoms with Gasteiger partial charge in [0.15, 0.2) is 0 Å². The van der Waals surface area contributed by atoms with Crippen molar-refractivity contribution in [2.75, 3.05) is 42.4 Å². The third-order valence-corrected chi connectivity index (χ3v) is 6.36. The van der Waals surface area contributed by atoms with Crippen molar-refractivity contribution < 1.29 is 28.6 Å². The zero-order valence-corrected chi connectivity index (χ0v) is 20.5. The Bertz CT molecular complexity index is 1030. The number of carboxylic acids is 1. The summed E-state index contributed by atoms with van der Waals surface area (Å²) in [6.07, 6.45) is 2.38. The van der Waals surface area contributed by atoms with E-state index in [0.717, 1.165) is 30.6 Å². The Morgan fingerprint density at radius 1 is 1.14 bits per heavy atom. The van der Waals surface area contributed by atoms with Crippen molar-refractivity contribution in [3.63, 3.8) is 0 Å². The minimum absolute atomic E-state index is 0.00397. The molecule has 0 bridgehead atoms.